The number of hydrogen-bond acceptors (Lipinski definition) is 2. The molecular weight excluding hydrogens is 279 g/mol. The van der Waals surface area contributed by atoms with Crippen LogP contribution >= 0.6 is 0 Å². The Morgan fingerprint density at radius 2 is 1.91 bits per heavy atom. The first-order chi connectivity index (χ1) is 10.7. The van der Waals surface area contributed by atoms with E-state index in [4.69, 9.17) is 0 Å². The van der Waals surface area contributed by atoms with Gasteiger partial charge in [0.05, 0.1) is 5.56 Å². The Morgan fingerprint density at radius 1 is 1.18 bits per heavy atom. The summed E-state index contributed by atoms with van der Waals surface area (Å²) in [5.74, 6) is -0.335. The Morgan fingerprint density at radius 3 is 2.55 bits per heavy atom. The van der Waals surface area contributed by atoms with Crippen molar-refractivity contribution in [2.75, 3.05) is 6.54 Å². The van der Waals surface area contributed by atoms with Gasteiger partial charge in [-0.1, -0.05) is 25.0 Å². The molecule has 1 aliphatic rings. The van der Waals surface area contributed by atoms with Crippen LogP contribution in [0.4, 0.5) is 4.39 Å². The largest absolute Gasteiger partial charge is 0.351 e. The number of aromatic nitrogens is 1. The summed E-state index contributed by atoms with van der Waals surface area (Å²) in [6.07, 6.45) is 7.53. The third kappa shape index (κ3) is 3.01. The molecule has 114 valence electrons. The monoisotopic (exact) mass is 298 g/mol. The molecule has 0 spiro atoms. The van der Waals surface area contributed by atoms with Gasteiger partial charge in [-0.05, 0) is 42.7 Å². The third-order valence-electron chi connectivity index (χ3n) is 4.53. The minimum absolute atomic E-state index is 0.0778. The van der Waals surface area contributed by atoms with Gasteiger partial charge in [-0.3, -0.25) is 9.78 Å². The summed E-state index contributed by atoms with van der Waals surface area (Å²) >= 11 is 0. The number of amides is 1. The Bertz CT molecular complexity index is 634. The maximum absolute atomic E-state index is 13.2. The zero-order valence-corrected chi connectivity index (χ0v) is 12.4. The van der Waals surface area contributed by atoms with Crippen LogP contribution in [0.2, 0.25) is 0 Å². The number of carbonyl (C=O) groups is 1. The Labute approximate surface area is 129 Å². The summed E-state index contributed by atoms with van der Waals surface area (Å²) in [5.41, 5.74) is 1.60. The highest BCUT2D eigenvalue weighted by molar-refractivity contribution is 5.93. The van der Waals surface area contributed by atoms with Crippen molar-refractivity contribution in [2.24, 2.45) is 0 Å². The summed E-state index contributed by atoms with van der Waals surface area (Å²) in [6.45, 7) is 0.576. The first kappa shape index (κ1) is 14.7. The molecule has 0 atom stereocenters. The van der Waals surface area contributed by atoms with Crippen molar-refractivity contribution in [1.29, 1.82) is 0 Å². The molecule has 1 saturated carbocycles. The molecule has 1 aromatic heterocycles. The van der Waals surface area contributed by atoms with E-state index in [0.717, 1.165) is 31.2 Å². The Balaban J connectivity index is 1.75. The zero-order valence-electron chi connectivity index (χ0n) is 12.4. The van der Waals surface area contributed by atoms with E-state index >= 15 is 0 Å². The highest BCUT2D eigenvalue weighted by Gasteiger charge is 2.35. The van der Waals surface area contributed by atoms with Crippen LogP contribution < -0.4 is 5.32 Å². The van der Waals surface area contributed by atoms with Crippen LogP contribution in [0.15, 0.2) is 48.8 Å². The average molecular weight is 298 g/mol. The second-order valence-electron chi connectivity index (χ2n) is 5.92. The zero-order chi connectivity index (χ0) is 15.4. The lowest BCUT2D eigenvalue weighted by atomic mass is 9.78. The molecular formula is C18H19FN2O. The quantitative estimate of drug-likeness (QED) is 0.939. The van der Waals surface area contributed by atoms with Crippen molar-refractivity contribution >= 4 is 5.91 Å². The van der Waals surface area contributed by atoms with Crippen molar-refractivity contribution in [1.82, 2.24) is 10.3 Å². The van der Waals surface area contributed by atoms with Crippen molar-refractivity contribution in [3.8, 4) is 0 Å². The van der Waals surface area contributed by atoms with Crippen molar-refractivity contribution in [3.05, 3.63) is 65.7 Å². The molecule has 0 bridgehead atoms. The van der Waals surface area contributed by atoms with Gasteiger partial charge in [0.1, 0.15) is 5.82 Å². The van der Waals surface area contributed by atoms with Crippen LogP contribution in [0, 0.1) is 5.82 Å². The molecule has 0 aliphatic heterocycles. The van der Waals surface area contributed by atoms with Crippen LogP contribution in [0.1, 0.15) is 41.6 Å². The van der Waals surface area contributed by atoms with E-state index in [-0.39, 0.29) is 17.1 Å². The molecule has 2 aromatic rings. The van der Waals surface area contributed by atoms with E-state index in [1.54, 1.807) is 24.5 Å². The maximum Gasteiger partial charge on any atom is 0.252 e. The van der Waals surface area contributed by atoms with Crippen LogP contribution in [0.25, 0.3) is 0 Å². The Kier molecular flexibility index (Phi) is 4.18. The highest BCUT2D eigenvalue weighted by Crippen LogP contribution is 2.40. The van der Waals surface area contributed by atoms with Gasteiger partial charge in [-0.15, -0.1) is 0 Å². The average Bonchev–Trinajstić information content (AvgIpc) is 3.04. The molecule has 1 aromatic carbocycles. The fraction of sp³-hybridized carbons (Fsp3) is 0.333. The molecule has 22 heavy (non-hydrogen) atoms. The summed E-state index contributed by atoms with van der Waals surface area (Å²) in [4.78, 5) is 16.2. The molecule has 1 heterocycles. The molecule has 3 rings (SSSR count). The van der Waals surface area contributed by atoms with Crippen molar-refractivity contribution in [2.45, 2.75) is 31.1 Å². The van der Waals surface area contributed by atoms with E-state index < -0.39 is 0 Å². The van der Waals surface area contributed by atoms with Crippen molar-refractivity contribution < 1.29 is 9.18 Å². The number of benzene rings is 1. The number of nitrogens with one attached hydrogen (secondary N) is 1. The predicted octanol–water partition coefficient (Wildman–Crippen LogP) is 3.46. The molecule has 0 saturated heterocycles. The fourth-order valence-corrected chi connectivity index (χ4v) is 3.27. The topological polar surface area (TPSA) is 42.0 Å². The predicted molar refractivity (Wildman–Crippen MR) is 83.1 cm³/mol. The molecule has 1 amide bonds. The summed E-state index contributed by atoms with van der Waals surface area (Å²) in [6, 6.07) is 10.2. The minimum atomic E-state index is -0.226. The van der Waals surface area contributed by atoms with Gasteiger partial charge in [-0.25, -0.2) is 4.39 Å². The standard InChI is InChI=1S/C18H19FN2O/c19-16-7-5-15(6-8-16)18(9-1-2-10-18)13-21-17(22)14-4-3-11-20-12-14/h3-8,11-12H,1-2,9-10,13H2,(H,21,22). The van der Waals surface area contributed by atoms with Gasteiger partial charge in [0, 0.05) is 24.4 Å². The third-order valence-corrected chi connectivity index (χ3v) is 4.53. The van der Waals surface area contributed by atoms with Gasteiger partial charge in [-0.2, -0.15) is 0 Å². The lowest BCUT2D eigenvalue weighted by Gasteiger charge is -2.30. The summed E-state index contributed by atoms with van der Waals surface area (Å²) in [5, 5.41) is 3.02. The number of halogens is 1. The molecule has 1 N–H and O–H groups in total. The lowest BCUT2D eigenvalue weighted by Crippen LogP contribution is -2.39. The first-order valence-corrected chi connectivity index (χ1v) is 7.64. The maximum atomic E-state index is 13.2. The van der Waals surface area contributed by atoms with E-state index in [1.807, 2.05) is 12.1 Å². The lowest BCUT2D eigenvalue weighted by molar-refractivity contribution is 0.0942. The van der Waals surface area contributed by atoms with E-state index in [2.05, 4.69) is 10.3 Å². The van der Waals surface area contributed by atoms with Crippen molar-refractivity contribution in [3.63, 3.8) is 0 Å². The number of pyridine rings is 1. The minimum Gasteiger partial charge on any atom is -0.351 e. The molecule has 1 aliphatic carbocycles. The van der Waals surface area contributed by atoms with E-state index in [9.17, 15) is 9.18 Å². The number of rotatable bonds is 4. The molecule has 0 unspecified atom stereocenters. The molecule has 3 nitrogen and oxygen atoms in total. The van der Waals surface area contributed by atoms with Gasteiger partial charge in [0.15, 0.2) is 0 Å². The SMILES string of the molecule is O=C(NCC1(c2ccc(F)cc2)CCCC1)c1cccnc1. The number of hydrogen-bond donors (Lipinski definition) is 1. The summed E-state index contributed by atoms with van der Waals surface area (Å²) in [7, 11) is 0. The summed E-state index contributed by atoms with van der Waals surface area (Å²) < 4.78 is 13.2. The smallest absolute Gasteiger partial charge is 0.252 e. The highest BCUT2D eigenvalue weighted by atomic mass is 19.1. The molecule has 1 fully saturated rings. The normalized spacial score (nSPS) is 16.4. The van der Waals surface area contributed by atoms with Crippen LogP contribution in [-0.2, 0) is 5.41 Å². The second kappa shape index (κ2) is 6.26. The Hall–Kier alpha value is -2.23. The van der Waals surface area contributed by atoms with Gasteiger partial charge in [0.2, 0.25) is 0 Å². The van der Waals surface area contributed by atoms with Crippen LogP contribution in [-0.4, -0.2) is 17.4 Å². The van der Waals surface area contributed by atoms with E-state index in [1.165, 1.54) is 12.1 Å². The number of carbonyl (C=O) groups excluding carboxylic acids is 1. The first-order valence-electron chi connectivity index (χ1n) is 7.64. The van der Waals surface area contributed by atoms with Crippen LogP contribution in [0.5, 0.6) is 0 Å². The van der Waals surface area contributed by atoms with E-state index in [0.29, 0.717) is 12.1 Å². The molecule has 0 radical (unpaired) electrons. The van der Waals surface area contributed by atoms with Gasteiger partial charge < -0.3 is 5.32 Å². The second-order valence-corrected chi connectivity index (χ2v) is 5.92. The van der Waals surface area contributed by atoms with Gasteiger partial charge >= 0.3 is 0 Å². The van der Waals surface area contributed by atoms with Gasteiger partial charge in [0.25, 0.3) is 5.91 Å². The molecule has 4 heteroatoms. The number of nitrogens with zero attached hydrogens (tertiary/aromatic N) is 1. The fourth-order valence-electron chi connectivity index (χ4n) is 3.27. The van der Waals surface area contributed by atoms with Crippen LogP contribution in [0.3, 0.4) is 0 Å².